The van der Waals surface area contributed by atoms with E-state index in [0.717, 1.165) is 32.1 Å². The molecule has 0 spiro atoms. The lowest BCUT2D eigenvalue weighted by molar-refractivity contribution is -0.143. The number of benzene rings is 2. The fourth-order valence-electron chi connectivity index (χ4n) is 4.76. The summed E-state index contributed by atoms with van der Waals surface area (Å²) in [5, 5.41) is 11.4. The molecule has 1 fully saturated rings. The van der Waals surface area contributed by atoms with Crippen molar-refractivity contribution < 1.29 is 18.4 Å². The standard InChI is InChI=1S/C27H28FN5O3/c28-20-14-12-19(13-15-20)17-32(25(34)18-33-23-10-5-4-9-22(23)30-31-33)26(24-11-6-16-36-24)27(35)29-21-7-2-1-3-8-21/h4-6,9-16,21,26H,1-3,7-8,17-18H2,(H,29,35)/t26-/m1/s1. The van der Waals surface area contributed by atoms with Crippen molar-refractivity contribution in [3.63, 3.8) is 0 Å². The molecule has 0 bridgehead atoms. The number of hydrogen-bond acceptors (Lipinski definition) is 5. The van der Waals surface area contributed by atoms with E-state index in [-0.39, 0.29) is 36.8 Å². The summed E-state index contributed by atoms with van der Waals surface area (Å²) in [6.45, 7) is -0.0230. The van der Waals surface area contributed by atoms with Crippen LogP contribution in [0, 0.1) is 5.82 Å². The molecule has 2 aromatic heterocycles. The Bertz CT molecular complexity index is 1310. The molecular formula is C27H28FN5O3. The maximum absolute atomic E-state index is 13.8. The van der Waals surface area contributed by atoms with Gasteiger partial charge in [0.15, 0.2) is 6.04 Å². The number of nitrogens with one attached hydrogen (secondary N) is 1. The molecule has 4 aromatic rings. The molecule has 1 N–H and O–H groups in total. The monoisotopic (exact) mass is 489 g/mol. The number of para-hydroxylation sites is 1. The maximum atomic E-state index is 13.8. The summed E-state index contributed by atoms with van der Waals surface area (Å²) in [6, 6.07) is 15.7. The maximum Gasteiger partial charge on any atom is 0.250 e. The van der Waals surface area contributed by atoms with Gasteiger partial charge in [-0.3, -0.25) is 9.59 Å². The summed E-state index contributed by atoms with van der Waals surface area (Å²) in [5.41, 5.74) is 2.08. The SMILES string of the molecule is O=C(NC1CCCCC1)[C@@H](c1ccco1)N(Cc1ccc(F)cc1)C(=O)Cn1nnc2ccccc21. The number of carbonyl (C=O) groups excluding carboxylic acids is 2. The molecule has 186 valence electrons. The van der Waals surface area contributed by atoms with E-state index in [1.54, 1.807) is 24.3 Å². The largest absolute Gasteiger partial charge is 0.467 e. The molecule has 1 aliphatic carbocycles. The Morgan fingerprint density at radius 3 is 2.58 bits per heavy atom. The van der Waals surface area contributed by atoms with E-state index in [0.29, 0.717) is 22.4 Å². The van der Waals surface area contributed by atoms with Crippen LogP contribution in [0.3, 0.4) is 0 Å². The van der Waals surface area contributed by atoms with Crippen LogP contribution in [-0.4, -0.2) is 37.7 Å². The van der Waals surface area contributed by atoms with Gasteiger partial charge in [-0.05, 0) is 54.8 Å². The van der Waals surface area contributed by atoms with Gasteiger partial charge in [0.1, 0.15) is 23.6 Å². The number of amides is 2. The topological polar surface area (TPSA) is 93.3 Å². The van der Waals surface area contributed by atoms with E-state index >= 15 is 0 Å². The highest BCUT2D eigenvalue weighted by Gasteiger charge is 2.35. The second kappa shape index (κ2) is 10.7. The minimum atomic E-state index is -0.991. The number of carbonyl (C=O) groups is 2. The summed E-state index contributed by atoms with van der Waals surface area (Å²) < 4.78 is 20.7. The van der Waals surface area contributed by atoms with Gasteiger partial charge in [0, 0.05) is 12.6 Å². The second-order valence-electron chi connectivity index (χ2n) is 9.15. The predicted octanol–water partition coefficient (Wildman–Crippen LogP) is 4.38. The normalized spacial score (nSPS) is 15.0. The van der Waals surface area contributed by atoms with Crippen LogP contribution in [-0.2, 0) is 22.7 Å². The molecule has 0 radical (unpaired) electrons. The molecule has 8 nitrogen and oxygen atoms in total. The van der Waals surface area contributed by atoms with Gasteiger partial charge in [0.2, 0.25) is 5.91 Å². The summed E-state index contributed by atoms with van der Waals surface area (Å²) in [4.78, 5) is 28.9. The van der Waals surface area contributed by atoms with Crippen LogP contribution in [0.2, 0.25) is 0 Å². The van der Waals surface area contributed by atoms with Gasteiger partial charge in [-0.25, -0.2) is 9.07 Å². The third-order valence-corrected chi connectivity index (χ3v) is 6.62. The minimum Gasteiger partial charge on any atom is -0.467 e. The molecule has 5 rings (SSSR count). The first-order valence-corrected chi connectivity index (χ1v) is 12.2. The van der Waals surface area contributed by atoms with Crippen LogP contribution in [0.4, 0.5) is 4.39 Å². The predicted molar refractivity (Wildman–Crippen MR) is 131 cm³/mol. The Kier molecular flexibility index (Phi) is 7.06. The van der Waals surface area contributed by atoms with Gasteiger partial charge >= 0.3 is 0 Å². The third-order valence-electron chi connectivity index (χ3n) is 6.62. The average Bonchev–Trinajstić information content (AvgIpc) is 3.56. The molecule has 2 amide bonds. The van der Waals surface area contributed by atoms with Crippen LogP contribution >= 0.6 is 0 Å². The molecule has 0 saturated heterocycles. The molecule has 1 aliphatic rings. The zero-order valence-corrected chi connectivity index (χ0v) is 19.8. The smallest absolute Gasteiger partial charge is 0.250 e. The van der Waals surface area contributed by atoms with Crippen LogP contribution < -0.4 is 5.32 Å². The quantitative estimate of drug-likeness (QED) is 0.396. The average molecular weight is 490 g/mol. The van der Waals surface area contributed by atoms with Crippen molar-refractivity contribution in [3.05, 3.63) is 84.1 Å². The number of halogens is 1. The van der Waals surface area contributed by atoms with Crippen LogP contribution in [0.1, 0.15) is 49.5 Å². The third kappa shape index (κ3) is 5.30. The van der Waals surface area contributed by atoms with Crippen molar-refractivity contribution in [1.29, 1.82) is 0 Å². The van der Waals surface area contributed by atoms with E-state index in [4.69, 9.17) is 4.42 Å². The number of nitrogens with zero attached hydrogens (tertiary/aromatic N) is 4. The van der Waals surface area contributed by atoms with E-state index in [9.17, 15) is 14.0 Å². The molecule has 1 atom stereocenters. The van der Waals surface area contributed by atoms with E-state index in [1.165, 1.54) is 28.0 Å². The molecule has 2 aromatic carbocycles. The first-order valence-electron chi connectivity index (χ1n) is 12.2. The number of rotatable bonds is 8. The first kappa shape index (κ1) is 23.7. The highest BCUT2D eigenvalue weighted by Crippen LogP contribution is 2.27. The summed E-state index contributed by atoms with van der Waals surface area (Å²) in [5.74, 6) is -0.642. The van der Waals surface area contributed by atoms with Crippen molar-refractivity contribution in [1.82, 2.24) is 25.2 Å². The molecule has 0 aliphatic heterocycles. The zero-order chi connectivity index (χ0) is 24.9. The number of furan rings is 1. The summed E-state index contributed by atoms with van der Waals surface area (Å²) in [7, 11) is 0. The van der Waals surface area contributed by atoms with Gasteiger partial charge in [-0.1, -0.05) is 48.7 Å². The van der Waals surface area contributed by atoms with Gasteiger partial charge in [0.25, 0.3) is 5.91 Å². The van der Waals surface area contributed by atoms with Crippen LogP contribution in [0.5, 0.6) is 0 Å². The molecule has 1 saturated carbocycles. The van der Waals surface area contributed by atoms with Gasteiger partial charge in [-0.15, -0.1) is 5.10 Å². The lowest BCUT2D eigenvalue weighted by Gasteiger charge is -2.32. The minimum absolute atomic E-state index is 0.0609. The van der Waals surface area contributed by atoms with E-state index < -0.39 is 6.04 Å². The van der Waals surface area contributed by atoms with Crippen LogP contribution in [0.15, 0.2) is 71.3 Å². The van der Waals surface area contributed by atoms with Gasteiger partial charge in [-0.2, -0.15) is 0 Å². The van der Waals surface area contributed by atoms with Crippen molar-refractivity contribution in [2.24, 2.45) is 0 Å². The summed E-state index contributed by atoms with van der Waals surface area (Å²) in [6.07, 6.45) is 6.60. The molecular weight excluding hydrogens is 461 g/mol. The van der Waals surface area contributed by atoms with Crippen LogP contribution in [0.25, 0.3) is 11.0 Å². The fourth-order valence-corrected chi connectivity index (χ4v) is 4.76. The highest BCUT2D eigenvalue weighted by atomic mass is 19.1. The number of fused-ring (bicyclic) bond motifs is 1. The summed E-state index contributed by atoms with van der Waals surface area (Å²) >= 11 is 0. The molecule has 9 heteroatoms. The Morgan fingerprint density at radius 2 is 1.83 bits per heavy atom. The lowest BCUT2D eigenvalue weighted by Crippen LogP contribution is -2.47. The molecule has 0 unspecified atom stereocenters. The highest BCUT2D eigenvalue weighted by molar-refractivity contribution is 5.89. The van der Waals surface area contributed by atoms with Crippen molar-refractivity contribution in [2.75, 3.05) is 0 Å². The van der Waals surface area contributed by atoms with E-state index in [1.807, 2.05) is 24.3 Å². The Balaban J connectivity index is 1.48. The lowest BCUT2D eigenvalue weighted by atomic mass is 9.95. The first-order chi connectivity index (χ1) is 17.6. The van der Waals surface area contributed by atoms with Crippen molar-refractivity contribution in [3.8, 4) is 0 Å². The fraction of sp³-hybridized carbons (Fsp3) is 0.333. The second-order valence-corrected chi connectivity index (χ2v) is 9.15. The Hall–Kier alpha value is -4.01. The van der Waals surface area contributed by atoms with Crippen molar-refractivity contribution in [2.45, 2.75) is 57.3 Å². The van der Waals surface area contributed by atoms with E-state index in [2.05, 4.69) is 15.6 Å². The molecule has 36 heavy (non-hydrogen) atoms. The van der Waals surface area contributed by atoms with Gasteiger partial charge < -0.3 is 14.6 Å². The van der Waals surface area contributed by atoms with Gasteiger partial charge in [0.05, 0.1) is 11.8 Å². The van der Waals surface area contributed by atoms with Crippen molar-refractivity contribution >= 4 is 22.8 Å². The Morgan fingerprint density at radius 1 is 1.06 bits per heavy atom. The number of aromatic nitrogens is 3. The number of hydrogen-bond donors (Lipinski definition) is 1. The zero-order valence-electron chi connectivity index (χ0n) is 19.8. The molecule has 2 heterocycles. The Labute approximate surface area is 208 Å².